The van der Waals surface area contributed by atoms with E-state index in [1.807, 2.05) is 24.4 Å². The van der Waals surface area contributed by atoms with Gasteiger partial charge in [-0.3, -0.25) is 9.59 Å². The molecule has 0 saturated carbocycles. The molecule has 2 rings (SSSR count). The van der Waals surface area contributed by atoms with Gasteiger partial charge in [0.2, 0.25) is 5.91 Å². The second-order valence-corrected chi connectivity index (χ2v) is 7.07. The van der Waals surface area contributed by atoms with Crippen LogP contribution in [0.4, 0.5) is 24.5 Å². The monoisotopic (exact) mass is 457 g/mol. The van der Waals surface area contributed by atoms with Crippen molar-refractivity contribution in [2.45, 2.75) is 20.0 Å². The van der Waals surface area contributed by atoms with Crippen LogP contribution in [0.15, 0.2) is 40.9 Å². The topological polar surface area (TPSA) is 70.2 Å². The van der Waals surface area contributed by atoms with Crippen LogP contribution >= 0.6 is 15.9 Å². The van der Waals surface area contributed by atoms with Gasteiger partial charge in [0.25, 0.3) is 5.91 Å². The Hall–Kier alpha value is -2.55. The summed E-state index contributed by atoms with van der Waals surface area (Å²) in [6, 6.07) is 9.94. The van der Waals surface area contributed by atoms with E-state index in [1.165, 1.54) is 12.1 Å². The summed E-state index contributed by atoms with van der Waals surface area (Å²) in [7, 11) is 0. The van der Waals surface area contributed by atoms with Gasteiger partial charge >= 0.3 is 6.18 Å². The number of carbonyl (C=O) groups excluding carboxylic acids is 2. The summed E-state index contributed by atoms with van der Waals surface area (Å²) in [6.07, 6.45) is -4.48. The first-order valence-corrected chi connectivity index (χ1v) is 9.10. The molecule has 0 saturated heterocycles. The van der Waals surface area contributed by atoms with E-state index in [0.29, 0.717) is 11.4 Å². The number of hydrogen-bond donors (Lipinski definition) is 3. The Balaban J connectivity index is 1.99. The molecule has 150 valence electrons. The molecule has 0 aliphatic carbocycles. The highest BCUT2D eigenvalue weighted by molar-refractivity contribution is 9.10. The fraction of sp³-hybridized carbons (Fsp3) is 0.263. The summed E-state index contributed by atoms with van der Waals surface area (Å²) in [5, 5.41) is 7.47. The number of anilines is 2. The van der Waals surface area contributed by atoms with Gasteiger partial charge < -0.3 is 16.0 Å². The van der Waals surface area contributed by atoms with Crippen LogP contribution in [0.2, 0.25) is 0 Å². The third-order valence-electron chi connectivity index (χ3n) is 3.79. The molecule has 3 N–H and O–H groups in total. The minimum absolute atomic E-state index is 0.0686. The van der Waals surface area contributed by atoms with E-state index in [2.05, 4.69) is 26.6 Å². The summed E-state index contributed by atoms with van der Waals surface area (Å²) < 4.78 is 37.5. The number of rotatable bonds is 6. The van der Waals surface area contributed by atoms with Gasteiger partial charge in [-0.05, 0) is 65.2 Å². The van der Waals surface area contributed by atoms with Crippen LogP contribution < -0.4 is 16.0 Å². The third-order valence-corrected chi connectivity index (χ3v) is 4.44. The van der Waals surface area contributed by atoms with E-state index in [0.717, 1.165) is 15.6 Å². The number of amides is 2. The Kier molecular flexibility index (Phi) is 7.06. The van der Waals surface area contributed by atoms with Gasteiger partial charge in [0.1, 0.15) is 6.54 Å². The van der Waals surface area contributed by atoms with Crippen molar-refractivity contribution in [3.63, 3.8) is 0 Å². The summed E-state index contributed by atoms with van der Waals surface area (Å²) >= 11 is 3.38. The maximum absolute atomic E-state index is 12.2. The molecule has 0 radical (unpaired) electrons. The molecule has 2 aromatic carbocycles. The van der Waals surface area contributed by atoms with Gasteiger partial charge in [-0.1, -0.05) is 12.1 Å². The number of alkyl halides is 3. The first kappa shape index (κ1) is 21.7. The van der Waals surface area contributed by atoms with E-state index < -0.39 is 18.6 Å². The number of benzene rings is 2. The molecular weight excluding hydrogens is 439 g/mol. The van der Waals surface area contributed by atoms with Crippen LogP contribution in [0.5, 0.6) is 0 Å². The lowest BCUT2D eigenvalue weighted by Gasteiger charge is -2.13. The number of aryl methyl sites for hydroxylation is 2. The average molecular weight is 458 g/mol. The van der Waals surface area contributed by atoms with Crippen molar-refractivity contribution < 1.29 is 22.8 Å². The second-order valence-electron chi connectivity index (χ2n) is 6.21. The second kappa shape index (κ2) is 9.09. The number of halogens is 4. The van der Waals surface area contributed by atoms with E-state index in [-0.39, 0.29) is 18.0 Å². The Morgan fingerprint density at radius 3 is 2.39 bits per heavy atom. The van der Waals surface area contributed by atoms with Gasteiger partial charge in [-0.2, -0.15) is 13.2 Å². The fourth-order valence-electron chi connectivity index (χ4n) is 2.33. The molecule has 0 spiro atoms. The Morgan fingerprint density at radius 1 is 1.04 bits per heavy atom. The van der Waals surface area contributed by atoms with Crippen molar-refractivity contribution in [3.8, 4) is 0 Å². The molecule has 28 heavy (non-hydrogen) atoms. The summed E-state index contributed by atoms with van der Waals surface area (Å²) in [4.78, 5) is 24.0. The molecule has 0 aromatic heterocycles. The van der Waals surface area contributed by atoms with Crippen molar-refractivity contribution in [3.05, 3.63) is 57.6 Å². The van der Waals surface area contributed by atoms with Crippen molar-refractivity contribution >= 4 is 39.1 Å². The number of hydrogen-bond acceptors (Lipinski definition) is 3. The van der Waals surface area contributed by atoms with E-state index in [1.54, 1.807) is 19.1 Å². The lowest BCUT2D eigenvalue weighted by molar-refractivity contribution is -0.123. The zero-order chi connectivity index (χ0) is 20.9. The lowest BCUT2D eigenvalue weighted by Crippen LogP contribution is -2.33. The molecule has 0 heterocycles. The van der Waals surface area contributed by atoms with Crippen molar-refractivity contribution in [1.29, 1.82) is 0 Å². The SMILES string of the molecule is Cc1ccc(NC(=O)CNc2cc(C(=O)NCC(F)(F)F)ccc2C)c(Br)c1. The molecule has 0 unspecified atom stereocenters. The number of nitrogens with one attached hydrogen (secondary N) is 3. The van der Waals surface area contributed by atoms with Crippen molar-refractivity contribution in [2.75, 3.05) is 23.7 Å². The van der Waals surface area contributed by atoms with Crippen LogP contribution in [0.1, 0.15) is 21.5 Å². The Morgan fingerprint density at radius 2 is 1.75 bits per heavy atom. The molecule has 0 aliphatic rings. The van der Waals surface area contributed by atoms with Crippen LogP contribution in [0.3, 0.4) is 0 Å². The van der Waals surface area contributed by atoms with Crippen LogP contribution in [-0.4, -0.2) is 31.1 Å². The van der Waals surface area contributed by atoms with Crippen LogP contribution in [-0.2, 0) is 4.79 Å². The zero-order valence-electron chi connectivity index (χ0n) is 15.2. The summed E-state index contributed by atoms with van der Waals surface area (Å²) in [5.41, 5.74) is 2.96. The van der Waals surface area contributed by atoms with Crippen LogP contribution in [0, 0.1) is 13.8 Å². The van der Waals surface area contributed by atoms with E-state index >= 15 is 0 Å². The molecule has 9 heteroatoms. The Labute approximate surface area is 168 Å². The maximum atomic E-state index is 12.2. The number of carbonyl (C=O) groups is 2. The minimum atomic E-state index is -4.48. The smallest absolute Gasteiger partial charge is 0.376 e. The first-order chi connectivity index (χ1) is 13.0. The first-order valence-electron chi connectivity index (χ1n) is 8.30. The largest absolute Gasteiger partial charge is 0.405 e. The highest BCUT2D eigenvalue weighted by atomic mass is 79.9. The van der Waals surface area contributed by atoms with Gasteiger partial charge in [0, 0.05) is 15.7 Å². The minimum Gasteiger partial charge on any atom is -0.376 e. The normalized spacial score (nSPS) is 11.1. The van der Waals surface area contributed by atoms with E-state index in [4.69, 9.17) is 0 Å². The molecule has 0 fully saturated rings. The standard InChI is InChI=1S/C19H19BrF3N3O2/c1-11-3-6-15(14(20)7-11)26-17(27)9-24-16-8-13(5-4-12(16)2)18(28)25-10-19(21,22)23/h3-8,24H,9-10H2,1-2H3,(H,25,28)(H,26,27). The van der Waals surface area contributed by atoms with Crippen molar-refractivity contribution in [1.82, 2.24) is 5.32 Å². The van der Waals surface area contributed by atoms with Gasteiger partial charge in [0.05, 0.1) is 12.2 Å². The highest BCUT2D eigenvalue weighted by Crippen LogP contribution is 2.23. The molecule has 0 bridgehead atoms. The third kappa shape index (κ3) is 6.56. The summed E-state index contributed by atoms with van der Waals surface area (Å²) in [6.45, 7) is 2.21. The quantitative estimate of drug-likeness (QED) is 0.601. The fourth-order valence-corrected chi connectivity index (χ4v) is 2.92. The molecule has 2 aromatic rings. The molecule has 0 atom stereocenters. The zero-order valence-corrected chi connectivity index (χ0v) is 16.8. The predicted octanol–water partition coefficient (Wildman–Crippen LogP) is 4.41. The van der Waals surface area contributed by atoms with Gasteiger partial charge in [-0.15, -0.1) is 0 Å². The van der Waals surface area contributed by atoms with E-state index in [9.17, 15) is 22.8 Å². The average Bonchev–Trinajstić information content (AvgIpc) is 2.60. The molecule has 0 aliphatic heterocycles. The predicted molar refractivity (Wildman–Crippen MR) is 106 cm³/mol. The highest BCUT2D eigenvalue weighted by Gasteiger charge is 2.28. The molecule has 5 nitrogen and oxygen atoms in total. The Bertz CT molecular complexity index is 885. The lowest BCUT2D eigenvalue weighted by atomic mass is 10.1. The molecule has 2 amide bonds. The summed E-state index contributed by atoms with van der Waals surface area (Å²) in [5.74, 6) is -1.15. The van der Waals surface area contributed by atoms with Crippen molar-refractivity contribution in [2.24, 2.45) is 0 Å². The van der Waals surface area contributed by atoms with Crippen LogP contribution in [0.25, 0.3) is 0 Å². The maximum Gasteiger partial charge on any atom is 0.405 e. The molecular formula is C19H19BrF3N3O2. The van der Waals surface area contributed by atoms with Gasteiger partial charge in [0.15, 0.2) is 0 Å². The van der Waals surface area contributed by atoms with Gasteiger partial charge in [-0.25, -0.2) is 0 Å².